The Hall–Kier alpha value is -2.90. The van der Waals surface area contributed by atoms with Gasteiger partial charge in [0.2, 0.25) is 15.9 Å². The molecule has 33 heavy (non-hydrogen) atoms. The third kappa shape index (κ3) is 4.48. The summed E-state index contributed by atoms with van der Waals surface area (Å²) in [5.41, 5.74) is 3.22. The summed E-state index contributed by atoms with van der Waals surface area (Å²) < 4.78 is 33.5. The number of para-hydroxylation sites is 1. The van der Waals surface area contributed by atoms with Gasteiger partial charge in [-0.3, -0.25) is 4.79 Å². The molecule has 0 unspecified atom stereocenters. The SMILES string of the molecule is O=C(C1CCN(S(=O)(=O)c2ccc3c(c2)CCC3)CC1)N(Cc1ccco1)c1ccccc1. The van der Waals surface area contributed by atoms with Crippen molar-refractivity contribution in [3.05, 3.63) is 83.8 Å². The normalized spacial score (nSPS) is 17.1. The molecule has 0 bridgehead atoms. The lowest BCUT2D eigenvalue weighted by Crippen LogP contribution is -2.44. The van der Waals surface area contributed by atoms with Gasteiger partial charge in [-0.15, -0.1) is 0 Å². The number of anilines is 1. The van der Waals surface area contributed by atoms with Gasteiger partial charge in [-0.2, -0.15) is 4.31 Å². The first-order chi connectivity index (χ1) is 16.0. The van der Waals surface area contributed by atoms with Crippen molar-refractivity contribution in [2.75, 3.05) is 18.0 Å². The summed E-state index contributed by atoms with van der Waals surface area (Å²) in [5.74, 6) is 0.489. The van der Waals surface area contributed by atoms with Crippen molar-refractivity contribution in [3.63, 3.8) is 0 Å². The molecule has 2 aromatic carbocycles. The van der Waals surface area contributed by atoms with Gasteiger partial charge in [-0.25, -0.2) is 8.42 Å². The summed E-state index contributed by atoms with van der Waals surface area (Å²) >= 11 is 0. The van der Waals surface area contributed by atoms with Gasteiger partial charge in [0.15, 0.2) is 0 Å². The monoisotopic (exact) mass is 464 g/mol. The van der Waals surface area contributed by atoms with E-state index >= 15 is 0 Å². The zero-order valence-corrected chi connectivity index (χ0v) is 19.3. The van der Waals surface area contributed by atoms with E-state index < -0.39 is 10.0 Å². The van der Waals surface area contributed by atoms with Crippen LogP contribution in [0.25, 0.3) is 0 Å². The highest BCUT2D eigenvalue weighted by atomic mass is 32.2. The first kappa shape index (κ1) is 21.9. The maximum Gasteiger partial charge on any atom is 0.243 e. The Kier molecular flexibility index (Phi) is 6.08. The third-order valence-electron chi connectivity index (χ3n) is 6.74. The lowest BCUT2D eigenvalue weighted by Gasteiger charge is -2.33. The molecule has 172 valence electrons. The fourth-order valence-electron chi connectivity index (χ4n) is 4.88. The molecule has 3 aromatic rings. The standard InChI is InChI=1S/C26H28N2O4S/c29-26(28(19-24-10-5-17-32-24)23-8-2-1-3-9-23)21-13-15-27(16-14-21)33(30,31)25-12-11-20-6-4-7-22(20)18-25/h1-3,5,8-12,17-18,21H,4,6-7,13-16,19H2. The van der Waals surface area contributed by atoms with Gasteiger partial charge in [0, 0.05) is 24.7 Å². The van der Waals surface area contributed by atoms with Crippen molar-refractivity contribution < 1.29 is 17.6 Å². The van der Waals surface area contributed by atoms with Crippen LogP contribution in [0.1, 0.15) is 36.1 Å². The minimum Gasteiger partial charge on any atom is -0.467 e. The zero-order valence-electron chi connectivity index (χ0n) is 18.5. The molecule has 6 nitrogen and oxygen atoms in total. The van der Waals surface area contributed by atoms with Crippen LogP contribution in [0.3, 0.4) is 0 Å². The number of nitrogens with zero attached hydrogens (tertiary/aromatic N) is 2. The maximum absolute atomic E-state index is 13.5. The quantitative estimate of drug-likeness (QED) is 0.542. The summed E-state index contributed by atoms with van der Waals surface area (Å²) in [6.45, 7) is 1.04. The molecule has 2 aliphatic rings. The van der Waals surface area contributed by atoms with Gasteiger partial charge >= 0.3 is 0 Å². The molecular formula is C26H28N2O4S. The van der Waals surface area contributed by atoms with E-state index in [1.54, 1.807) is 17.2 Å². The van der Waals surface area contributed by atoms with E-state index in [-0.39, 0.29) is 11.8 Å². The van der Waals surface area contributed by atoms with Gasteiger partial charge in [0.05, 0.1) is 17.7 Å². The summed E-state index contributed by atoms with van der Waals surface area (Å²) in [5, 5.41) is 0. The Morgan fingerprint density at radius 2 is 1.73 bits per heavy atom. The average molecular weight is 465 g/mol. The van der Waals surface area contributed by atoms with Gasteiger partial charge in [0.25, 0.3) is 0 Å². The maximum atomic E-state index is 13.5. The third-order valence-corrected chi connectivity index (χ3v) is 8.63. The Morgan fingerprint density at radius 1 is 0.970 bits per heavy atom. The molecule has 1 aliphatic heterocycles. The Labute approximate surface area is 194 Å². The molecule has 0 saturated carbocycles. The molecule has 0 atom stereocenters. The van der Waals surface area contributed by atoms with E-state index in [2.05, 4.69) is 0 Å². The van der Waals surface area contributed by atoms with Crippen LogP contribution in [0, 0.1) is 5.92 Å². The molecule has 2 heterocycles. The van der Waals surface area contributed by atoms with Crippen molar-refractivity contribution in [1.29, 1.82) is 0 Å². The average Bonchev–Trinajstić information content (AvgIpc) is 3.54. The van der Waals surface area contributed by atoms with Crippen molar-refractivity contribution in [2.24, 2.45) is 5.92 Å². The number of sulfonamides is 1. The lowest BCUT2D eigenvalue weighted by atomic mass is 9.96. The van der Waals surface area contributed by atoms with Gasteiger partial charge in [-0.1, -0.05) is 24.3 Å². The number of rotatable bonds is 6. The lowest BCUT2D eigenvalue weighted by molar-refractivity contribution is -0.123. The van der Waals surface area contributed by atoms with Crippen LogP contribution >= 0.6 is 0 Å². The van der Waals surface area contributed by atoms with Crippen LogP contribution < -0.4 is 4.90 Å². The molecule has 1 saturated heterocycles. The highest BCUT2D eigenvalue weighted by Gasteiger charge is 2.34. The van der Waals surface area contributed by atoms with Gasteiger partial charge in [0.1, 0.15) is 5.76 Å². The van der Waals surface area contributed by atoms with Crippen LogP contribution in [0.5, 0.6) is 0 Å². The minimum absolute atomic E-state index is 0.00665. The highest BCUT2D eigenvalue weighted by molar-refractivity contribution is 7.89. The Morgan fingerprint density at radius 3 is 2.45 bits per heavy atom. The summed E-state index contributed by atoms with van der Waals surface area (Å²) in [4.78, 5) is 15.6. The van der Waals surface area contributed by atoms with E-state index in [4.69, 9.17) is 4.42 Å². The molecule has 0 radical (unpaired) electrons. The molecule has 1 amide bonds. The van der Waals surface area contributed by atoms with Gasteiger partial charge in [-0.05, 0) is 79.6 Å². The van der Waals surface area contributed by atoms with E-state index in [9.17, 15) is 13.2 Å². The number of aryl methyl sites for hydroxylation is 2. The number of fused-ring (bicyclic) bond motifs is 1. The minimum atomic E-state index is -3.55. The van der Waals surface area contributed by atoms with Crippen molar-refractivity contribution in [3.8, 4) is 0 Å². The van der Waals surface area contributed by atoms with Crippen LogP contribution in [0.15, 0.2) is 76.2 Å². The fraction of sp³-hybridized carbons (Fsp3) is 0.346. The molecule has 0 spiro atoms. The molecule has 1 aromatic heterocycles. The largest absolute Gasteiger partial charge is 0.467 e. The highest BCUT2D eigenvalue weighted by Crippen LogP contribution is 2.30. The number of carbonyl (C=O) groups is 1. The summed E-state index contributed by atoms with van der Waals surface area (Å²) in [6.07, 6.45) is 5.67. The van der Waals surface area contributed by atoms with Crippen LogP contribution in [0.2, 0.25) is 0 Å². The second kappa shape index (κ2) is 9.15. The number of furan rings is 1. The van der Waals surface area contributed by atoms with Crippen molar-refractivity contribution in [1.82, 2.24) is 4.31 Å². The zero-order chi connectivity index (χ0) is 22.8. The fourth-order valence-corrected chi connectivity index (χ4v) is 6.40. The molecule has 1 fully saturated rings. The van der Waals surface area contributed by atoms with E-state index in [1.807, 2.05) is 54.6 Å². The van der Waals surface area contributed by atoms with E-state index in [1.165, 1.54) is 9.87 Å². The molecular weight excluding hydrogens is 436 g/mol. The van der Waals surface area contributed by atoms with Crippen molar-refractivity contribution >= 4 is 21.6 Å². The van der Waals surface area contributed by atoms with Crippen LogP contribution in [-0.4, -0.2) is 31.7 Å². The summed E-state index contributed by atoms with van der Waals surface area (Å²) in [6, 6.07) is 18.8. The van der Waals surface area contributed by atoms with E-state index in [0.29, 0.717) is 43.1 Å². The number of hydrogen-bond donors (Lipinski definition) is 0. The molecule has 7 heteroatoms. The molecule has 0 N–H and O–H groups in total. The number of benzene rings is 2. The Balaban J connectivity index is 1.29. The first-order valence-corrected chi connectivity index (χ1v) is 13.0. The Bertz CT molecular complexity index is 1210. The number of hydrogen-bond acceptors (Lipinski definition) is 4. The predicted octanol–water partition coefficient (Wildman–Crippen LogP) is 4.40. The topological polar surface area (TPSA) is 70.8 Å². The number of piperidine rings is 1. The smallest absolute Gasteiger partial charge is 0.243 e. The van der Waals surface area contributed by atoms with E-state index in [0.717, 1.165) is 30.5 Å². The van der Waals surface area contributed by atoms with Gasteiger partial charge < -0.3 is 9.32 Å². The van der Waals surface area contributed by atoms with Crippen LogP contribution in [0.4, 0.5) is 5.69 Å². The van der Waals surface area contributed by atoms with Crippen molar-refractivity contribution in [2.45, 2.75) is 43.5 Å². The first-order valence-electron chi connectivity index (χ1n) is 11.5. The second-order valence-electron chi connectivity index (χ2n) is 8.80. The molecule has 1 aliphatic carbocycles. The second-order valence-corrected chi connectivity index (χ2v) is 10.7. The number of amides is 1. The predicted molar refractivity (Wildman–Crippen MR) is 126 cm³/mol. The summed E-state index contributed by atoms with van der Waals surface area (Å²) in [7, 11) is -3.55. The number of carbonyl (C=O) groups excluding carboxylic acids is 1. The van der Waals surface area contributed by atoms with Crippen LogP contribution in [-0.2, 0) is 34.2 Å². The molecule has 5 rings (SSSR count).